The van der Waals surface area contributed by atoms with Crippen molar-refractivity contribution in [1.82, 2.24) is 4.98 Å². The van der Waals surface area contributed by atoms with Crippen molar-refractivity contribution in [1.29, 1.82) is 5.26 Å². The molecule has 0 aliphatic heterocycles. The Bertz CT molecular complexity index is 348. The molecule has 0 saturated heterocycles. The van der Waals surface area contributed by atoms with E-state index in [1.165, 1.54) is 38.5 Å². The van der Waals surface area contributed by atoms with Crippen molar-refractivity contribution >= 4 is 0 Å². The van der Waals surface area contributed by atoms with E-state index in [1.807, 2.05) is 12.1 Å². The Morgan fingerprint density at radius 1 is 1.18 bits per heavy atom. The van der Waals surface area contributed by atoms with Crippen LogP contribution in [0.1, 0.15) is 69.5 Å². The van der Waals surface area contributed by atoms with Gasteiger partial charge in [0.1, 0.15) is 6.07 Å². The molecule has 0 fully saturated rings. The van der Waals surface area contributed by atoms with E-state index in [4.69, 9.17) is 5.26 Å². The maximum atomic E-state index is 8.75. The monoisotopic (exact) mass is 230 g/mol. The van der Waals surface area contributed by atoms with E-state index in [2.05, 4.69) is 24.9 Å². The lowest BCUT2D eigenvalue weighted by Crippen LogP contribution is -2.01. The molecule has 1 atom stereocenters. The van der Waals surface area contributed by atoms with E-state index in [9.17, 15) is 0 Å². The third-order valence-corrected chi connectivity index (χ3v) is 3.13. The van der Waals surface area contributed by atoms with Gasteiger partial charge in [0.15, 0.2) is 0 Å². The Labute approximate surface area is 105 Å². The summed E-state index contributed by atoms with van der Waals surface area (Å²) in [5.41, 5.74) is 1.81. The minimum absolute atomic E-state index is 0.569. The first-order valence-electron chi connectivity index (χ1n) is 6.67. The highest BCUT2D eigenvalue weighted by molar-refractivity contribution is 5.27. The lowest BCUT2D eigenvalue weighted by atomic mass is 9.93. The predicted octanol–water partition coefficient (Wildman–Crippen LogP) is 4.42. The summed E-state index contributed by atoms with van der Waals surface area (Å²) in [5.74, 6) is 0.569. The number of pyridine rings is 1. The van der Waals surface area contributed by atoms with Crippen molar-refractivity contribution in [3.05, 3.63) is 29.6 Å². The zero-order valence-electron chi connectivity index (χ0n) is 10.9. The maximum Gasteiger partial charge on any atom is 0.101 e. The van der Waals surface area contributed by atoms with Gasteiger partial charge in [0.25, 0.3) is 0 Å². The van der Waals surface area contributed by atoms with Crippen molar-refractivity contribution in [3.63, 3.8) is 0 Å². The summed E-state index contributed by atoms with van der Waals surface area (Å²) in [6.07, 6.45) is 9.15. The van der Waals surface area contributed by atoms with Gasteiger partial charge in [-0.05, 0) is 25.0 Å². The number of nitrogens with zero attached hydrogens (tertiary/aromatic N) is 2. The topological polar surface area (TPSA) is 36.7 Å². The van der Waals surface area contributed by atoms with E-state index >= 15 is 0 Å². The average molecular weight is 230 g/mol. The second kappa shape index (κ2) is 7.84. The summed E-state index contributed by atoms with van der Waals surface area (Å²) in [7, 11) is 0. The predicted molar refractivity (Wildman–Crippen MR) is 70.7 cm³/mol. The van der Waals surface area contributed by atoms with Crippen LogP contribution in [-0.4, -0.2) is 4.98 Å². The summed E-state index contributed by atoms with van der Waals surface area (Å²) in [5, 5.41) is 8.75. The normalized spacial score (nSPS) is 12.1. The van der Waals surface area contributed by atoms with Crippen molar-refractivity contribution in [3.8, 4) is 6.07 Å². The number of aromatic nitrogens is 1. The van der Waals surface area contributed by atoms with Gasteiger partial charge in [-0.1, -0.05) is 39.5 Å². The fraction of sp³-hybridized carbons (Fsp3) is 0.600. The molecule has 2 nitrogen and oxygen atoms in total. The van der Waals surface area contributed by atoms with E-state index < -0.39 is 0 Å². The molecule has 0 spiro atoms. The average Bonchev–Trinajstić information content (AvgIpc) is 2.38. The fourth-order valence-electron chi connectivity index (χ4n) is 2.14. The summed E-state index contributed by atoms with van der Waals surface area (Å²) in [6, 6.07) is 6.01. The molecule has 0 saturated carbocycles. The van der Waals surface area contributed by atoms with Gasteiger partial charge in [0.2, 0.25) is 0 Å². The SMILES string of the molecule is CCCCCC(CCC)c1ccc(C#N)cn1. The molecule has 2 heteroatoms. The van der Waals surface area contributed by atoms with Crippen LogP contribution in [0.25, 0.3) is 0 Å². The summed E-state index contributed by atoms with van der Waals surface area (Å²) >= 11 is 0. The largest absolute Gasteiger partial charge is 0.260 e. The molecule has 0 aliphatic rings. The van der Waals surface area contributed by atoms with Gasteiger partial charge < -0.3 is 0 Å². The Kier molecular flexibility index (Phi) is 6.32. The number of hydrogen-bond donors (Lipinski definition) is 0. The first kappa shape index (κ1) is 13.7. The van der Waals surface area contributed by atoms with Crippen LogP contribution in [-0.2, 0) is 0 Å². The van der Waals surface area contributed by atoms with Gasteiger partial charge in [0, 0.05) is 17.8 Å². The molecular formula is C15H22N2. The molecule has 1 unspecified atom stereocenters. The molecular weight excluding hydrogens is 208 g/mol. The zero-order valence-corrected chi connectivity index (χ0v) is 10.9. The van der Waals surface area contributed by atoms with E-state index in [0.29, 0.717) is 11.5 Å². The molecule has 0 aromatic carbocycles. The third-order valence-electron chi connectivity index (χ3n) is 3.13. The zero-order chi connectivity index (χ0) is 12.5. The van der Waals surface area contributed by atoms with E-state index in [-0.39, 0.29) is 0 Å². The van der Waals surface area contributed by atoms with Crippen LogP contribution in [0.5, 0.6) is 0 Å². The van der Waals surface area contributed by atoms with Crippen LogP contribution >= 0.6 is 0 Å². The Morgan fingerprint density at radius 2 is 2.00 bits per heavy atom. The summed E-state index contributed by atoms with van der Waals surface area (Å²) < 4.78 is 0. The second-order valence-corrected chi connectivity index (χ2v) is 4.56. The van der Waals surface area contributed by atoms with Crippen LogP contribution in [0.3, 0.4) is 0 Å². The van der Waals surface area contributed by atoms with Gasteiger partial charge in [0.05, 0.1) is 5.56 Å². The van der Waals surface area contributed by atoms with Crippen molar-refractivity contribution in [2.45, 2.75) is 58.3 Å². The van der Waals surface area contributed by atoms with Crippen LogP contribution in [0.4, 0.5) is 0 Å². The Hall–Kier alpha value is -1.36. The van der Waals surface area contributed by atoms with E-state index in [0.717, 1.165) is 5.69 Å². The standard InChI is InChI=1S/C15H22N2/c1-3-5-6-8-14(7-4-2)15-10-9-13(11-16)12-17-15/h9-10,12,14H,3-8H2,1-2H3. The van der Waals surface area contributed by atoms with Crippen LogP contribution in [0.2, 0.25) is 0 Å². The summed E-state index contributed by atoms with van der Waals surface area (Å²) in [4.78, 5) is 4.42. The first-order chi connectivity index (χ1) is 8.31. The van der Waals surface area contributed by atoms with Crippen LogP contribution in [0, 0.1) is 11.3 Å². The first-order valence-corrected chi connectivity index (χ1v) is 6.67. The molecule has 0 N–H and O–H groups in total. The summed E-state index contributed by atoms with van der Waals surface area (Å²) in [6.45, 7) is 4.45. The molecule has 0 bridgehead atoms. The quantitative estimate of drug-likeness (QED) is 0.650. The van der Waals surface area contributed by atoms with Gasteiger partial charge in [-0.2, -0.15) is 5.26 Å². The van der Waals surface area contributed by atoms with E-state index in [1.54, 1.807) is 6.20 Å². The molecule has 1 heterocycles. The molecule has 0 amide bonds. The van der Waals surface area contributed by atoms with Crippen molar-refractivity contribution in [2.24, 2.45) is 0 Å². The van der Waals surface area contributed by atoms with Crippen LogP contribution < -0.4 is 0 Å². The maximum absolute atomic E-state index is 8.75. The second-order valence-electron chi connectivity index (χ2n) is 4.56. The molecule has 0 radical (unpaired) electrons. The van der Waals surface area contributed by atoms with Crippen molar-refractivity contribution < 1.29 is 0 Å². The number of rotatable bonds is 7. The highest BCUT2D eigenvalue weighted by Gasteiger charge is 2.11. The van der Waals surface area contributed by atoms with Gasteiger partial charge >= 0.3 is 0 Å². The lowest BCUT2D eigenvalue weighted by molar-refractivity contribution is 0.519. The fourth-order valence-corrected chi connectivity index (χ4v) is 2.14. The van der Waals surface area contributed by atoms with Gasteiger partial charge in [-0.15, -0.1) is 0 Å². The highest BCUT2D eigenvalue weighted by Crippen LogP contribution is 2.25. The van der Waals surface area contributed by atoms with Crippen molar-refractivity contribution in [2.75, 3.05) is 0 Å². The highest BCUT2D eigenvalue weighted by atomic mass is 14.7. The molecule has 17 heavy (non-hydrogen) atoms. The van der Waals surface area contributed by atoms with Gasteiger partial charge in [-0.25, -0.2) is 0 Å². The third kappa shape index (κ3) is 4.56. The smallest absolute Gasteiger partial charge is 0.101 e. The number of unbranched alkanes of at least 4 members (excludes halogenated alkanes) is 2. The minimum atomic E-state index is 0.569. The number of nitriles is 1. The Balaban J connectivity index is 2.64. The Morgan fingerprint density at radius 3 is 2.53 bits per heavy atom. The molecule has 92 valence electrons. The van der Waals surface area contributed by atoms with Gasteiger partial charge in [-0.3, -0.25) is 4.98 Å². The molecule has 1 rings (SSSR count). The minimum Gasteiger partial charge on any atom is -0.260 e. The molecule has 0 aliphatic carbocycles. The lowest BCUT2D eigenvalue weighted by Gasteiger charge is -2.15. The number of hydrogen-bond acceptors (Lipinski definition) is 2. The van der Waals surface area contributed by atoms with Crippen LogP contribution in [0.15, 0.2) is 18.3 Å². The molecule has 1 aromatic heterocycles. The molecule has 1 aromatic rings.